The van der Waals surface area contributed by atoms with Crippen LogP contribution in [0.1, 0.15) is 32.9 Å². The van der Waals surface area contributed by atoms with E-state index in [-0.39, 0.29) is 17.9 Å². The van der Waals surface area contributed by atoms with Crippen LogP contribution in [-0.4, -0.2) is 27.5 Å². The highest BCUT2D eigenvalue weighted by Crippen LogP contribution is 2.41. The van der Waals surface area contributed by atoms with Gasteiger partial charge in [0.25, 0.3) is 0 Å². The first-order valence-electron chi connectivity index (χ1n) is 5.58. The number of hydrogen-bond acceptors (Lipinski definition) is 2. The van der Waals surface area contributed by atoms with Crippen LogP contribution in [0, 0.1) is 0 Å². The van der Waals surface area contributed by atoms with Crippen LogP contribution in [0.5, 0.6) is 0 Å². The zero-order valence-corrected chi connectivity index (χ0v) is 9.86. The van der Waals surface area contributed by atoms with Crippen molar-refractivity contribution in [2.24, 2.45) is 0 Å². The molecule has 1 aromatic rings. The van der Waals surface area contributed by atoms with E-state index in [2.05, 4.69) is 25.8 Å². The Bertz CT molecular complexity index is 460. The minimum absolute atomic E-state index is 0.0102. The van der Waals surface area contributed by atoms with E-state index in [4.69, 9.17) is 4.74 Å². The van der Waals surface area contributed by atoms with Gasteiger partial charge in [-0.3, -0.25) is 0 Å². The van der Waals surface area contributed by atoms with Crippen LogP contribution in [0.4, 0.5) is 0 Å². The van der Waals surface area contributed by atoms with Crippen molar-refractivity contribution in [2.45, 2.75) is 39.2 Å². The zero-order valence-electron chi connectivity index (χ0n) is 9.86. The predicted octanol–water partition coefficient (Wildman–Crippen LogP) is 0.444. The predicted molar refractivity (Wildman–Crippen MR) is 54.7 cm³/mol. The summed E-state index contributed by atoms with van der Waals surface area (Å²) in [5.41, 5.74) is -0.0102. The van der Waals surface area contributed by atoms with Gasteiger partial charge in [-0.1, -0.05) is 0 Å². The normalized spacial score (nSPS) is 32.4. The topological polar surface area (TPSA) is 46.0 Å². The summed E-state index contributed by atoms with van der Waals surface area (Å²) in [4.78, 5) is 14.8. The van der Waals surface area contributed by atoms with E-state index in [0.717, 1.165) is 12.4 Å². The number of nitrogens with one attached hydrogen (secondary N) is 1. The number of H-pyrrole nitrogens is 1. The molecule has 0 bridgehead atoms. The molecule has 0 radical (unpaired) electrons. The van der Waals surface area contributed by atoms with Gasteiger partial charge in [-0.2, -0.15) is 0 Å². The second-order valence-electron chi connectivity index (χ2n) is 5.65. The van der Waals surface area contributed by atoms with Gasteiger partial charge in [-0.05, 0) is 20.8 Å². The average Bonchev–Trinajstić information content (AvgIpc) is 2.72. The van der Waals surface area contributed by atoms with Crippen molar-refractivity contribution < 1.29 is 18.6 Å². The fraction of sp³-hybridized carbons (Fsp3) is 0.636. The maximum atomic E-state index is 11.6. The highest BCUT2D eigenvalue weighted by molar-refractivity contribution is 5.71. The van der Waals surface area contributed by atoms with Crippen LogP contribution in [-0.2, 0) is 16.1 Å². The molecule has 2 aliphatic heterocycles. The molecule has 0 spiro atoms. The molecule has 16 heavy (non-hydrogen) atoms. The molecule has 2 unspecified atom stereocenters. The van der Waals surface area contributed by atoms with Gasteiger partial charge in [0, 0.05) is 0 Å². The summed E-state index contributed by atoms with van der Waals surface area (Å²) in [7, 11) is 0. The molecule has 3 heterocycles. The number of imidazole rings is 1. The Morgan fingerprint density at radius 1 is 1.50 bits per heavy atom. The number of nitrogens with zero attached hydrogens (tertiary/aromatic N) is 2. The number of rotatable bonds is 0. The molecule has 0 aromatic carbocycles. The standard InChI is InChI=1S/C11H16N3O2/c1-11(2,3)14-6-8-12-4-5-13(8)10(14)16-9(15)7-14/h4-5,10H,6-7H2,1-3H3/q+1/p+1. The van der Waals surface area contributed by atoms with Gasteiger partial charge < -0.3 is 4.74 Å². The maximum Gasteiger partial charge on any atom is 0.391 e. The fourth-order valence-corrected chi connectivity index (χ4v) is 2.78. The summed E-state index contributed by atoms with van der Waals surface area (Å²) < 4.78 is 8.18. The summed E-state index contributed by atoms with van der Waals surface area (Å²) in [6, 6.07) is 0. The minimum atomic E-state index is -0.186. The van der Waals surface area contributed by atoms with E-state index in [1.165, 1.54) is 0 Å². The number of ether oxygens (including phenoxy) is 1. The zero-order chi connectivity index (χ0) is 11.6. The maximum absolute atomic E-state index is 11.6. The van der Waals surface area contributed by atoms with Gasteiger partial charge >= 0.3 is 18.1 Å². The Hall–Kier alpha value is -1.36. The molecule has 1 fully saturated rings. The van der Waals surface area contributed by atoms with Crippen molar-refractivity contribution in [3.8, 4) is 0 Å². The molecule has 1 saturated heterocycles. The monoisotopic (exact) mass is 223 g/mol. The van der Waals surface area contributed by atoms with E-state index in [1.54, 1.807) is 0 Å². The van der Waals surface area contributed by atoms with Crippen molar-refractivity contribution in [2.75, 3.05) is 6.54 Å². The lowest BCUT2D eigenvalue weighted by Gasteiger charge is -2.39. The molecule has 86 valence electrons. The first kappa shape index (κ1) is 9.84. The van der Waals surface area contributed by atoms with E-state index >= 15 is 0 Å². The van der Waals surface area contributed by atoms with Gasteiger partial charge in [0.15, 0.2) is 13.1 Å². The molecule has 0 saturated carbocycles. The first-order chi connectivity index (χ1) is 7.44. The van der Waals surface area contributed by atoms with Crippen molar-refractivity contribution in [1.82, 2.24) is 4.98 Å². The number of carbonyl (C=O) groups excluding carboxylic acids is 1. The van der Waals surface area contributed by atoms with Crippen LogP contribution in [0.2, 0.25) is 0 Å². The Labute approximate surface area is 94.2 Å². The lowest BCUT2D eigenvalue weighted by molar-refractivity contribution is -1.09. The number of aromatic amines is 1. The summed E-state index contributed by atoms with van der Waals surface area (Å²) in [5, 5.41) is 0. The second kappa shape index (κ2) is 2.66. The number of fused-ring (bicyclic) bond motifs is 3. The molecule has 2 aliphatic rings. The van der Waals surface area contributed by atoms with Crippen molar-refractivity contribution >= 4 is 5.97 Å². The molecule has 0 aliphatic carbocycles. The Morgan fingerprint density at radius 2 is 2.25 bits per heavy atom. The molecule has 1 N–H and O–H groups in total. The van der Waals surface area contributed by atoms with Gasteiger partial charge in [0.2, 0.25) is 0 Å². The number of quaternary nitrogens is 1. The lowest BCUT2D eigenvalue weighted by atomic mass is 10.0. The molecule has 0 amide bonds. The molecule has 5 nitrogen and oxygen atoms in total. The summed E-state index contributed by atoms with van der Waals surface area (Å²) in [6.45, 7) is 7.77. The van der Waals surface area contributed by atoms with Crippen molar-refractivity contribution in [3.63, 3.8) is 0 Å². The largest absolute Gasteiger partial charge is 0.391 e. The molecule has 3 rings (SSSR count). The third-order valence-electron chi connectivity index (χ3n) is 3.87. The van der Waals surface area contributed by atoms with Crippen molar-refractivity contribution in [3.05, 3.63) is 18.2 Å². The number of hydrogen-bond donors (Lipinski definition) is 1. The second-order valence-corrected chi connectivity index (χ2v) is 5.65. The third kappa shape index (κ3) is 0.988. The highest BCUT2D eigenvalue weighted by Gasteiger charge is 2.64. The molecule has 1 aromatic heterocycles. The summed E-state index contributed by atoms with van der Waals surface area (Å²) in [6.07, 6.45) is 3.65. The van der Waals surface area contributed by atoms with Crippen LogP contribution in [0.3, 0.4) is 0 Å². The number of esters is 1. The van der Waals surface area contributed by atoms with Crippen LogP contribution in [0.25, 0.3) is 0 Å². The Morgan fingerprint density at radius 3 is 2.94 bits per heavy atom. The summed E-state index contributed by atoms with van der Waals surface area (Å²) in [5.74, 6) is 1.03. The Balaban J connectivity index is 2.13. The summed E-state index contributed by atoms with van der Waals surface area (Å²) >= 11 is 0. The molecule has 5 heteroatoms. The molecule has 2 atom stereocenters. The molecular formula is C11H17N3O2+2. The molecular weight excluding hydrogens is 206 g/mol. The quantitative estimate of drug-likeness (QED) is 0.394. The highest BCUT2D eigenvalue weighted by atomic mass is 16.6. The van der Waals surface area contributed by atoms with Gasteiger partial charge in [-0.25, -0.2) is 14.3 Å². The first-order valence-corrected chi connectivity index (χ1v) is 5.58. The third-order valence-corrected chi connectivity index (χ3v) is 3.87. The van der Waals surface area contributed by atoms with E-state index in [9.17, 15) is 4.79 Å². The van der Waals surface area contributed by atoms with Gasteiger partial charge in [0.1, 0.15) is 12.4 Å². The van der Waals surface area contributed by atoms with E-state index in [1.807, 2.05) is 17.0 Å². The number of carbonyl (C=O) groups is 1. The van der Waals surface area contributed by atoms with Crippen LogP contribution >= 0.6 is 0 Å². The fourth-order valence-electron chi connectivity index (χ4n) is 2.78. The number of aromatic nitrogens is 2. The average molecular weight is 223 g/mol. The van der Waals surface area contributed by atoms with E-state index < -0.39 is 0 Å². The van der Waals surface area contributed by atoms with Crippen LogP contribution < -0.4 is 4.57 Å². The van der Waals surface area contributed by atoms with Gasteiger partial charge in [0.05, 0.1) is 5.54 Å². The SMILES string of the molecule is CC(C)(C)[N+]12CC(=O)OC1[n+]1cc[nH]c1C2. The lowest BCUT2D eigenvalue weighted by Crippen LogP contribution is -2.60. The minimum Gasteiger partial charge on any atom is -0.369 e. The van der Waals surface area contributed by atoms with Gasteiger partial charge in [-0.15, -0.1) is 4.57 Å². The van der Waals surface area contributed by atoms with E-state index in [0.29, 0.717) is 11.0 Å². The van der Waals surface area contributed by atoms with Crippen LogP contribution in [0.15, 0.2) is 12.4 Å². The van der Waals surface area contributed by atoms with Crippen molar-refractivity contribution in [1.29, 1.82) is 0 Å². The smallest absolute Gasteiger partial charge is 0.369 e. The Kier molecular flexibility index (Phi) is 1.63.